The summed E-state index contributed by atoms with van der Waals surface area (Å²) in [6.45, 7) is 7.05. The second-order valence-corrected chi connectivity index (χ2v) is 9.18. The van der Waals surface area contributed by atoms with Crippen molar-refractivity contribution < 1.29 is 38.8 Å². The van der Waals surface area contributed by atoms with E-state index in [9.17, 15) is 4.79 Å². The molecule has 0 atom stereocenters. The molecule has 6 aromatic rings. The van der Waals surface area contributed by atoms with Crippen LogP contribution in [-0.2, 0) is 24.9 Å². The molecule has 1 N–H and O–H groups in total. The van der Waals surface area contributed by atoms with Crippen molar-refractivity contribution in [3.63, 3.8) is 0 Å². The van der Waals surface area contributed by atoms with Gasteiger partial charge in [0.05, 0.1) is 11.3 Å². The van der Waals surface area contributed by atoms with E-state index in [2.05, 4.69) is 49.2 Å². The van der Waals surface area contributed by atoms with Gasteiger partial charge in [-0.15, -0.1) is 18.2 Å². The number of aryl methyl sites for hydroxylation is 2. The van der Waals surface area contributed by atoms with E-state index in [0.717, 1.165) is 55.5 Å². The number of benzene rings is 3. The molecule has 0 bridgehead atoms. The van der Waals surface area contributed by atoms with Crippen molar-refractivity contribution in [2.75, 3.05) is 0 Å². The van der Waals surface area contributed by atoms with Crippen LogP contribution in [0.25, 0.3) is 55.5 Å². The second kappa shape index (κ2) is 11.2. The summed E-state index contributed by atoms with van der Waals surface area (Å²) in [4.78, 5) is 14.7. The van der Waals surface area contributed by atoms with Gasteiger partial charge in [0, 0.05) is 48.7 Å². The first-order valence-electron chi connectivity index (χ1n) is 12.0. The molecule has 3 aromatic heterocycles. The summed E-state index contributed by atoms with van der Waals surface area (Å²) < 4.78 is 12.4. The van der Waals surface area contributed by atoms with Crippen LogP contribution in [0.15, 0.2) is 93.6 Å². The number of aromatic nitrogens is 1. The van der Waals surface area contributed by atoms with E-state index in [1.165, 1.54) is 31.1 Å². The molecule has 0 aliphatic carbocycles. The minimum Gasteiger partial charge on any atom is -0.512 e. The summed E-state index contributed by atoms with van der Waals surface area (Å²) in [6.07, 6.45) is 3.02. The number of carbonyl (C=O) groups excluding carboxylic acids is 1. The maximum Gasteiger partial charge on any atom is 0.155 e. The van der Waals surface area contributed by atoms with Crippen LogP contribution >= 0.6 is 0 Å². The van der Waals surface area contributed by atoms with E-state index in [-0.39, 0.29) is 31.6 Å². The zero-order valence-corrected chi connectivity index (χ0v) is 23.9. The van der Waals surface area contributed by atoms with Gasteiger partial charge in [0.15, 0.2) is 5.78 Å². The summed E-state index contributed by atoms with van der Waals surface area (Å²) in [6, 6.07) is 25.8. The van der Waals surface area contributed by atoms with Crippen LogP contribution < -0.4 is 0 Å². The Balaban J connectivity index is 0.000000375. The van der Waals surface area contributed by atoms with E-state index in [1.54, 1.807) is 0 Å². The number of carbonyl (C=O) groups is 1. The molecule has 6 heteroatoms. The first kappa shape index (κ1) is 27.1. The Labute approximate surface area is 234 Å². The van der Waals surface area contributed by atoms with Crippen LogP contribution in [0, 0.1) is 19.9 Å². The number of aliphatic hydroxyl groups is 1. The number of ketones is 1. The molecule has 3 aromatic carbocycles. The van der Waals surface area contributed by atoms with Crippen LogP contribution in [0.3, 0.4) is 0 Å². The maximum atomic E-state index is 10.0. The van der Waals surface area contributed by atoms with Gasteiger partial charge in [-0.3, -0.25) is 4.79 Å². The number of rotatable bonds is 3. The van der Waals surface area contributed by atoms with Gasteiger partial charge in [-0.25, -0.2) is 0 Å². The van der Waals surface area contributed by atoms with Crippen molar-refractivity contribution in [3.05, 3.63) is 102 Å². The fourth-order valence-electron chi connectivity index (χ4n) is 4.50. The predicted octanol–water partition coefficient (Wildman–Crippen LogP) is 8.51. The van der Waals surface area contributed by atoms with Gasteiger partial charge in [0.25, 0.3) is 0 Å². The van der Waals surface area contributed by atoms with E-state index < -0.39 is 0 Å². The topological polar surface area (TPSA) is 76.5 Å². The smallest absolute Gasteiger partial charge is 0.155 e. The van der Waals surface area contributed by atoms with Crippen LogP contribution in [-0.4, -0.2) is 15.9 Å². The monoisotopic (exact) mass is 681 g/mol. The molecule has 0 saturated heterocycles. The molecule has 1 radical (unpaired) electrons. The molecule has 0 fully saturated rings. The van der Waals surface area contributed by atoms with Crippen LogP contribution in [0.2, 0.25) is 0 Å². The Morgan fingerprint density at radius 1 is 0.921 bits per heavy atom. The van der Waals surface area contributed by atoms with Gasteiger partial charge in [-0.2, -0.15) is 0 Å². The molecule has 5 nitrogen and oxygen atoms in total. The van der Waals surface area contributed by atoms with Gasteiger partial charge in [-0.05, 0) is 63.7 Å². The molecule has 0 aliphatic heterocycles. The van der Waals surface area contributed by atoms with Gasteiger partial charge < -0.3 is 18.9 Å². The maximum absolute atomic E-state index is 10.0. The molecule has 3 heterocycles. The van der Waals surface area contributed by atoms with Crippen molar-refractivity contribution >= 4 is 38.7 Å². The first-order valence-corrected chi connectivity index (χ1v) is 12.0. The number of pyridine rings is 1. The van der Waals surface area contributed by atoms with Crippen molar-refractivity contribution in [3.8, 4) is 22.6 Å². The Morgan fingerprint density at radius 2 is 1.66 bits per heavy atom. The number of hydrogen-bond acceptors (Lipinski definition) is 5. The minimum absolute atomic E-state index is 0. The summed E-state index contributed by atoms with van der Waals surface area (Å²) in [5.74, 6) is 0.786. The van der Waals surface area contributed by atoms with Crippen LogP contribution in [0.1, 0.15) is 25.0 Å². The number of para-hydroxylation sites is 1. The number of aliphatic hydroxyl groups excluding tert-OH is 1. The minimum atomic E-state index is -0.125. The number of fused-ring (bicyclic) bond motifs is 4. The Kier molecular flexibility index (Phi) is 7.96. The molecule has 0 amide bonds. The number of allylic oxidation sites excluding steroid dienone is 2. The SMILES string of the molecule is CC(=O)/C=C(/C)O.Cc1cc(C)cc(-c2cc3cnc(-c4[c-]ccc5c4oc4ccccc45)cc3o2)c1.[Ir]. The van der Waals surface area contributed by atoms with Crippen LogP contribution in [0.4, 0.5) is 0 Å². The number of nitrogens with zero attached hydrogens (tertiary/aromatic N) is 1. The second-order valence-electron chi connectivity index (χ2n) is 9.18. The average molecular weight is 681 g/mol. The summed E-state index contributed by atoms with van der Waals surface area (Å²) in [5, 5.41) is 11.5. The number of hydrogen-bond donors (Lipinski definition) is 1. The third-order valence-electron chi connectivity index (χ3n) is 5.91. The molecular weight excluding hydrogens is 655 g/mol. The fraction of sp³-hybridized carbons (Fsp3) is 0.125. The zero-order valence-electron chi connectivity index (χ0n) is 21.5. The summed E-state index contributed by atoms with van der Waals surface area (Å²) in [5.41, 5.74) is 7.61. The van der Waals surface area contributed by atoms with E-state index in [0.29, 0.717) is 0 Å². The van der Waals surface area contributed by atoms with Crippen molar-refractivity contribution in [2.45, 2.75) is 27.7 Å². The third kappa shape index (κ3) is 5.62. The zero-order chi connectivity index (χ0) is 26.1. The molecule has 6 rings (SSSR count). The standard InChI is InChI=1S/C27H18NO2.C5H8O2.Ir/c1-16-10-17(2)12-18(11-16)25-13-19-15-28-23(14-26(19)29-25)22-8-5-7-21-20-6-3-4-9-24(20)30-27(21)22;1-4(6)3-5(2)7;/h3-7,9-15H,1-2H3;3,6H,1-2H3;/q-1;;/b;4-3-;. The van der Waals surface area contributed by atoms with Gasteiger partial charge in [-0.1, -0.05) is 46.3 Å². The Morgan fingerprint density at radius 3 is 2.34 bits per heavy atom. The van der Waals surface area contributed by atoms with Crippen molar-refractivity contribution in [2.24, 2.45) is 0 Å². The molecule has 0 saturated carbocycles. The quantitative estimate of drug-likeness (QED) is 0.115. The Bertz CT molecular complexity index is 1790. The normalized spacial score (nSPS) is 11.3. The summed E-state index contributed by atoms with van der Waals surface area (Å²) in [7, 11) is 0. The predicted molar refractivity (Wildman–Crippen MR) is 148 cm³/mol. The van der Waals surface area contributed by atoms with E-state index >= 15 is 0 Å². The van der Waals surface area contributed by atoms with Crippen molar-refractivity contribution in [1.82, 2.24) is 4.98 Å². The molecule has 38 heavy (non-hydrogen) atoms. The van der Waals surface area contributed by atoms with E-state index in [1.807, 2.05) is 48.7 Å². The Hall–Kier alpha value is -3.99. The van der Waals surface area contributed by atoms with Crippen molar-refractivity contribution in [1.29, 1.82) is 0 Å². The molecule has 0 unspecified atom stereocenters. The largest absolute Gasteiger partial charge is 0.512 e. The molecule has 0 aliphatic rings. The van der Waals surface area contributed by atoms with Gasteiger partial charge in [0.2, 0.25) is 0 Å². The third-order valence-corrected chi connectivity index (χ3v) is 5.91. The molecule has 193 valence electrons. The van der Waals surface area contributed by atoms with Gasteiger partial charge >= 0.3 is 0 Å². The molecular formula is C32H26IrNO4-. The fourth-order valence-corrected chi connectivity index (χ4v) is 4.50. The van der Waals surface area contributed by atoms with Gasteiger partial charge in [0.1, 0.15) is 16.9 Å². The van der Waals surface area contributed by atoms with E-state index in [4.69, 9.17) is 13.9 Å². The van der Waals surface area contributed by atoms with Crippen LogP contribution in [0.5, 0.6) is 0 Å². The first-order chi connectivity index (χ1) is 17.8. The molecule has 0 spiro atoms. The summed E-state index contributed by atoms with van der Waals surface area (Å²) >= 11 is 0. The average Bonchev–Trinajstić information content (AvgIpc) is 3.44. The number of furan rings is 2.